The van der Waals surface area contributed by atoms with Gasteiger partial charge in [0.25, 0.3) is 15.9 Å². The van der Waals surface area contributed by atoms with Crippen molar-refractivity contribution in [3.05, 3.63) is 72.6 Å². The van der Waals surface area contributed by atoms with E-state index in [2.05, 4.69) is 20.0 Å². The molecule has 10 heteroatoms. The maximum Gasteiger partial charge on any atom is 0.264 e. The second-order valence-electron chi connectivity index (χ2n) is 7.10. The van der Waals surface area contributed by atoms with Crippen molar-refractivity contribution in [1.82, 2.24) is 9.97 Å². The van der Waals surface area contributed by atoms with Crippen LogP contribution in [0.3, 0.4) is 0 Å². The van der Waals surface area contributed by atoms with Crippen molar-refractivity contribution in [2.75, 3.05) is 23.3 Å². The average Bonchev–Trinajstić information content (AvgIpc) is 3.32. The van der Waals surface area contributed by atoms with Crippen molar-refractivity contribution in [3.63, 3.8) is 0 Å². The van der Waals surface area contributed by atoms with Crippen molar-refractivity contribution in [3.8, 4) is 5.75 Å². The van der Waals surface area contributed by atoms with Gasteiger partial charge >= 0.3 is 0 Å². The highest BCUT2D eigenvalue weighted by molar-refractivity contribution is 7.92. The van der Waals surface area contributed by atoms with Gasteiger partial charge in [-0.3, -0.25) is 4.79 Å². The Kier molecular flexibility index (Phi) is 6.62. The van der Waals surface area contributed by atoms with Crippen molar-refractivity contribution in [1.29, 1.82) is 0 Å². The fraction of sp³-hybridized carbons (Fsp3) is 0.227. The first kappa shape index (κ1) is 21.7. The van der Waals surface area contributed by atoms with E-state index in [4.69, 9.17) is 9.47 Å². The summed E-state index contributed by atoms with van der Waals surface area (Å²) in [5, 5.41) is 2.76. The number of carbonyl (C=O) groups is 1. The van der Waals surface area contributed by atoms with Crippen molar-refractivity contribution in [2.45, 2.75) is 23.8 Å². The SMILES string of the molecule is O=C(Nc1ccc(S(=O)(=O)Nc2ncccn2)cc1)c1ccccc1OCC1CCCO1. The lowest BCUT2D eigenvalue weighted by atomic mass is 10.1. The van der Waals surface area contributed by atoms with Crippen LogP contribution in [-0.4, -0.2) is 43.6 Å². The molecule has 1 fully saturated rings. The molecule has 1 amide bonds. The molecule has 2 N–H and O–H groups in total. The van der Waals surface area contributed by atoms with Gasteiger partial charge in [-0.15, -0.1) is 0 Å². The van der Waals surface area contributed by atoms with Gasteiger partial charge in [0.2, 0.25) is 5.95 Å². The Hall–Kier alpha value is -3.50. The van der Waals surface area contributed by atoms with E-state index in [1.807, 2.05) is 0 Å². The van der Waals surface area contributed by atoms with Gasteiger partial charge in [0, 0.05) is 24.7 Å². The highest BCUT2D eigenvalue weighted by Crippen LogP contribution is 2.22. The smallest absolute Gasteiger partial charge is 0.264 e. The molecule has 3 aromatic rings. The van der Waals surface area contributed by atoms with E-state index in [9.17, 15) is 13.2 Å². The zero-order valence-electron chi connectivity index (χ0n) is 17.1. The highest BCUT2D eigenvalue weighted by Gasteiger charge is 2.19. The first-order chi connectivity index (χ1) is 15.5. The molecule has 1 saturated heterocycles. The van der Waals surface area contributed by atoms with Gasteiger partial charge in [0.05, 0.1) is 16.6 Å². The number of benzene rings is 2. The Morgan fingerprint density at radius 3 is 2.53 bits per heavy atom. The van der Waals surface area contributed by atoms with Gasteiger partial charge in [-0.05, 0) is 55.3 Å². The van der Waals surface area contributed by atoms with Crippen LogP contribution in [0.4, 0.5) is 11.6 Å². The van der Waals surface area contributed by atoms with E-state index >= 15 is 0 Å². The highest BCUT2D eigenvalue weighted by atomic mass is 32.2. The Balaban J connectivity index is 1.42. The van der Waals surface area contributed by atoms with Crippen molar-refractivity contribution in [2.24, 2.45) is 0 Å². The Labute approximate surface area is 185 Å². The van der Waals surface area contributed by atoms with Crippen molar-refractivity contribution < 1.29 is 22.7 Å². The van der Waals surface area contributed by atoms with Crippen LogP contribution in [0.25, 0.3) is 0 Å². The van der Waals surface area contributed by atoms with Gasteiger partial charge < -0.3 is 14.8 Å². The molecule has 1 aliphatic heterocycles. The lowest BCUT2D eigenvalue weighted by molar-refractivity contribution is 0.0673. The average molecular weight is 455 g/mol. The number of para-hydroxylation sites is 1. The number of anilines is 2. The number of carbonyl (C=O) groups excluding carboxylic acids is 1. The summed E-state index contributed by atoms with van der Waals surface area (Å²) in [5.74, 6) is 0.0793. The number of amides is 1. The van der Waals surface area contributed by atoms with Crippen LogP contribution in [0.1, 0.15) is 23.2 Å². The van der Waals surface area contributed by atoms with E-state index in [-0.39, 0.29) is 22.9 Å². The number of nitrogens with one attached hydrogen (secondary N) is 2. The summed E-state index contributed by atoms with van der Waals surface area (Å²) >= 11 is 0. The lowest BCUT2D eigenvalue weighted by Crippen LogP contribution is -2.19. The third-order valence-corrected chi connectivity index (χ3v) is 6.14. The Morgan fingerprint density at radius 1 is 1.06 bits per heavy atom. The molecule has 1 unspecified atom stereocenters. The van der Waals surface area contributed by atoms with E-state index in [0.717, 1.165) is 19.4 Å². The summed E-state index contributed by atoms with van der Waals surface area (Å²) in [6.45, 7) is 1.12. The van der Waals surface area contributed by atoms with Crippen LogP contribution in [0.2, 0.25) is 0 Å². The fourth-order valence-electron chi connectivity index (χ4n) is 3.19. The number of aromatic nitrogens is 2. The first-order valence-corrected chi connectivity index (χ1v) is 11.5. The Bertz CT molecular complexity index is 1160. The molecule has 9 nitrogen and oxygen atoms in total. The normalized spacial score (nSPS) is 15.8. The molecule has 0 saturated carbocycles. The molecule has 0 radical (unpaired) electrons. The lowest BCUT2D eigenvalue weighted by Gasteiger charge is -2.14. The van der Waals surface area contributed by atoms with Gasteiger partial charge in [0.1, 0.15) is 12.4 Å². The summed E-state index contributed by atoms with van der Waals surface area (Å²) in [6, 6.07) is 14.3. The molecular formula is C22H22N4O5S. The second kappa shape index (κ2) is 9.75. The quantitative estimate of drug-likeness (QED) is 0.537. The molecule has 0 bridgehead atoms. The van der Waals surface area contributed by atoms with Crippen LogP contribution < -0.4 is 14.8 Å². The number of hydrogen-bond acceptors (Lipinski definition) is 7. The minimum Gasteiger partial charge on any atom is -0.490 e. The molecule has 2 aromatic carbocycles. The molecular weight excluding hydrogens is 432 g/mol. The van der Waals surface area contributed by atoms with Gasteiger partial charge in [-0.2, -0.15) is 0 Å². The zero-order chi connectivity index (χ0) is 22.4. The summed E-state index contributed by atoms with van der Waals surface area (Å²) < 4.78 is 38.6. The number of nitrogens with zero attached hydrogens (tertiary/aromatic N) is 2. The zero-order valence-corrected chi connectivity index (χ0v) is 17.9. The minimum absolute atomic E-state index is 0.0169. The molecule has 4 rings (SSSR count). The van der Waals surface area contributed by atoms with Gasteiger partial charge in [0.15, 0.2) is 0 Å². The number of hydrogen-bond donors (Lipinski definition) is 2. The summed E-state index contributed by atoms with van der Waals surface area (Å²) in [7, 11) is -3.85. The van der Waals surface area contributed by atoms with Crippen LogP contribution >= 0.6 is 0 Å². The molecule has 0 aliphatic carbocycles. The third-order valence-electron chi connectivity index (χ3n) is 4.79. The largest absolute Gasteiger partial charge is 0.490 e. The van der Waals surface area contributed by atoms with E-state index in [1.165, 1.54) is 36.7 Å². The van der Waals surface area contributed by atoms with Crippen molar-refractivity contribution >= 4 is 27.6 Å². The van der Waals surface area contributed by atoms with Crippen LogP contribution in [0, 0.1) is 0 Å². The number of ether oxygens (including phenoxy) is 2. The fourth-order valence-corrected chi connectivity index (χ4v) is 4.14. The summed E-state index contributed by atoms with van der Waals surface area (Å²) in [4.78, 5) is 20.5. The van der Waals surface area contributed by atoms with Crippen LogP contribution in [0.15, 0.2) is 71.9 Å². The monoisotopic (exact) mass is 454 g/mol. The molecule has 0 spiro atoms. The van der Waals surface area contributed by atoms with Gasteiger partial charge in [-0.25, -0.2) is 23.1 Å². The molecule has 1 atom stereocenters. The second-order valence-corrected chi connectivity index (χ2v) is 8.78. The first-order valence-electron chi connectivity index (χ1n) is 10.1. The topological polar surface area (TPSA) is 120 Å². The third kappa shape index (κ3) is 5.40. The number of sulfonamides is 1. The maximum absolute atomic E-state index is 12.8. The van der Waals surface area contributed by atoms with Crippen LogP contribution in [0.5, 0.6) is 5.75 Å². The predicted molar refractivity (Wildman–Crippen MR) is 118 cm³/mol. The van der Waals surface area contributed by atoms with Crippen LogP contribution in [-0.2, 0) is 14.8 Å². The molecule has 1 aromatic heterocycles. The molecule has 2 heterocycles. The molecule has 1 aliphatic rings. The van der Waals surface area contributed by atoms with Gasteiger partial charge in [-0.1, -0.05) is 12.1 Å². The van der Waals surface area contributed by atoms with E-state index in [0.29, 0.717) is 23.6 Å². The standard InChI is InChI=1S/C22H22N4O5S/c27-21(19-6-1-2-7-20(19)31-15-17-5-3-14-30-17)25-16-8-10-18(11-9-16)32(28,29)26-22-23-12-4-13-24-22/h1-2,4,6-13,17H,3,5,14-15H2,(H,25,27)(H,23,24,26). The molecule has 166 valence electrons. The summed E-state index contributed by atoms with van der Waals surface area (Å²) in [6.07, 6.45) is 4.86. The van der Waals surface area contributed by atoms with E-state index in [1.54, 1.807) is 30.3 Å². The predicted octanol–water partition coefficient (Wildman–Crippen LogP) is 3.09. The number of rotatable bonds is 8. The summed E-state index contributed by atoms with van der Waals surface area (Å²) in [5.41, 5.74) is 0.823. The van der Waals surface area contributed by atoms with E-state index < -0.39 is 10.0 Å². The molecule has 32 heavy (non-hydrogen) atoms. The maximum atomic E-state index is 12.8. The Morgan fingerprint density at radius 2 is 1.81 bits per heavy atom. The minimum atomic E-state index is -3.85.